The SMILES string of the molecule is CC(C)CCN(CCOc1ccc(-c2ccc(CC(=O)NCc3ccccc3)nc2)cc1)Cc1ccc(/C=C/C(=O)NO)cc1. The van der Waals surface area contributed by atoms with Crippen LogP contribution in [0.2, 0.25) is 0 Å². The Morgan fingerprint density at radius 3 is 2.29 bits per heavy atom. The average Bonchev–Trinajstić information content (AvgIpc) is 3.07. The molecular weight excluding hydrogens is 564 g/mol. The number of nitrogens with one attached hydrogen (secondary N) is 2. The van der Waals surface area contributed by atoms with E-state index >= 15 is 0 Å². The molecule has 0 atom stereocenters. The lowest BCUT2D eigenvalue weighted by Gasteiger charge is -2.23. The highest BCUT2D eigenvalue weighted by atomic mass is 16.5. The highest BCUT2D eigenvalue weighted by Crippen LogP contribution is 2.22. The second-order valence-electron chi connectivity index (χ2n) is 11.4. The molecule has 4 rings (SSSR count). The molecule has 0 spiro atoms. The number of carbonyl (C=O) groups is 2. The van der Waals surface area contributed by atoms with Crippen LogP contribution in [0.3, 0.4) is 0 Å². The van der Waals surface area contributed by atoms with E-state index in [1.54, 1.807) is 17.8 Å². The zero-order chi connectivity index (χ0) is 31.9. The summed E-state index contributed by atoms with van der Waals surface area (Å²) in [6.45, 7) is 8.09. The Kier molecular flexibility index (Phi) is 12.9. The number of hydrogen-bond acceptors (Lipinski definition) is 6. The molecule has 0 saturated carbocycles. The maximum Gasteiger partial charge on any atom is 0.267 e. The van der Waals surface area contributed by atoms with Crippen LogP contribution in [0, 0.1) is 5.92 Å². The van der Waals surface area contributed by atoms with Crippen LogP contribution in [-0.2, 0) is 29.1 Å². The topological polar surface area (TPSA) is 104 Å². The lowest BCUT2D eigenvalue weighted by atomic mass is 10.1. The number of benzene rings is 3. The highest BCUT2D eigenvalue weighted by Gasteiger charge is 2.09. The molecule has 0 bridgehead atoms. The molecule has 0 saturated heterocycles. The van der Waals surface area contributed by atoms with E-state index < -0.39 is 5.91 Å². The van der Waals surface area contributed by atoms with Crippen molar-refractivity contribution in [1.82, 2.24) is 20.7 Å². The summed E-state index contributed by atoms with van der Waals surface area (Å²) in [6.07, 6.45) is 6.08. The number of ether oxygens (including phenoxy) is 1. The van der Waals surface area contributed by atoms with Gasteiger partial charge in [-0.05, 0) is 65.4 Å². The van der Waals surface area contributed by atoms with Gasteiger partial charge in [0.25, 0.3) is 5.91 Å². The smallest absolute Gasteiger partial charge is 0.267 e. The molecule has 0 aliphatic heterocycles. The molecule has 1 heterocycles. The monoisotopic (exact) mass is 606 g/mol. The first-order valence-electron chi connectivity index (χ1n) is 15.3. The molecule has 3 aromatic carbocycles. The van der Waals surface area contributed by atoms with Crippen LogP contribution in [0.15, 0.2) is 103 Å². The molecule has 45 heavy (non-hydrogen) atoms. The summed E-state index contributed by atoms with van der Waals surface area (Å²) in [5.74, 6) is 0.801. The minimum absolute atomic E-state index is 0.0549. The Labute approximate surface area is 265 Å². The fraction of sp³-hybridized carbons (Fsp3) is 0.270. The van der Waals surface area contributed by atoms with Crippen molar-refractivity contribution in [3.05, 3.63) is 126 Å². The number of pyridine rings is 1. The van der Waals surface area contributed by atoms with Gasteiger partial charge in [0, 0.05) is 43.2 Å². The van der Waals surface area contributed by atoms with Gasteiger partial charge in [0.1, 0.15) is 12.4 Å². The number of carbonyl (C=O) groups excluding carboxylic acids is 2. The number of aromatic nitrogens is 1. The summed E-state index contributed by atoms with van der Waals surface area (Å²) in [7, 11) is 0. The van der Waals surface area contributed by atoms with Crippen LogP contribution >= 0.6 is 0 Å². The second kappa shape index (κ2) is 17.5. The Morgan fingerprint density at radius 1 is 0.889 bits per heavy atom. The molecule has 4 aromatic rings. The van der Waals surface area contributed by atoms with Crippen molar-refractivity contribution in [3.63, 3.8) is 0 Å². The number of hydrogen-bond donors (Lipinski definition) is 3. The molecule has 0 aliphatic carbocycles. The molecule has 2 amide bonds. The minimum Gasteiger partial charge on any atom is -0.492 e. The van der Waals surface area contributed by atoms with Crippen molar-refractivity contribution in [2.24, 2.45) is 5.92 Å². The first-order valence-corrected chi connectivity index (χ1v) is 15.3. The van der Waals surface area contributed by atoms with Gasteiger partial charge < -0.3 is 10.1 Å². The van der Waals surface area contributed by atoms with Crippen molar-refractivity contribution < 1.29 is 19.5 Å². The van der Waals surface area contributed by atoms with Gasteiger partial charge in [-0.15, -0.1) is 0 Å². The quantitative estimate of drug-likeness (QED) is 0.0815. The Balaban J connectivity index is 1.25. The van der Waals surface area contributed by atoms with Crippen LogP contribution in [0.25, 0.3) is 17.2 Å². The van der Waals surface area contributed by atoms with Gasteiger partial charge in [0.05, 0.1) is 6.42 Å². The molecular formula is C37H42N4O4. The second-order valence-corrected chi connectivity index (χ2v) is 11.4. The number of amides is 2. The standard InChI is InChI=1S/C37H42N4O4/c1-28(2)20-21-41(27-31-10-8-29(9-11-31)12-19-36(42)40-44)22-23-45-35-17-14-32(15-18-35)33-13-16-34(38-26-33)24-37(43)39-25-30-6-4-3-5-7-30/h3-19,26,28,44H,20-25,27H2,1-2H3,(H,39,43)(H,40,42)/b19-12+. The Morgan fingerprint density at radius 2 is 1.62 bits per heavy atom. The van der Waals surface area contributed by atoms with Crippen molar-refractivity contribution in [2.45, 2.75) is 39.8 Å². The van der Waals surface area contributed by atoms with Crippen LogP contribution < -0.4 is 15.5 Å². The van der Waals surface area contributed by atoms with Crippen molar-refractivity contribution in [3.8, 4) is 16.9 Å². The lowest BCUT2D eigenvalue weighted by molar-refractivity contribution is -0.124. The predicted octanol–water partition coefficient (Wildman–Crippen LogP) is 6.05. The molecule has 8 nitrogen and oxygen atoms in total. The van der Waals surface area contributed by atoms with Crippen LogP contribution in [0.1, 0.15) is 42.7 Å². The van der Waals surface area contributed by atoms with E-state index in [0.717, 1.165) is 59.8 Å². The van der Waals surface area contributed by atoms with Gasteiger partial charge in [0.2, 0.25) is 5.91 Å². The van der Waals surface area contributed by atoms with Crippen molar-refractivity contribution in [2.75, 3.05) is 19.7 Å². The van der Waals surface area contributed by atoms with Gasteiger partial charge in [-0.3, -0.25) is 24.7 Å². The molecule has 0 radical (unpaired) electrons. The minimum atomic E-state index is -0.558. The maximum absolute atomic E-state index is 12.3. The maximum atomic E-state index is 12.3. The third kappa shape index (κ3) is 11.7. The molecule has 0 aliphatic rings. The van der Waals surface area contributed by atoms with E-state index in [9.17, 15) is 9.59 Å². The number of rotatable bonds is 16. The van der Waals surface area contributed by atoms with E-state index in [4.69, 9.17) is 9.94 Å². The lowest BCUT2D eigenvalue weighted by Crippen LogP contribution is -2.29. The van der Waals surface area contributed by atoms with E-state index in [1.807, 2.05) is 78.9 Å². The van der Waals surface area contributed by atoms with Gasteiger partial charge in [-0.2, -0.15) is 0 Å². The summed E-state index contributed by atoms with van der Waals surface area (Å²) in [5.41, 5.74) is 7.46. The first kappa shape index (κ1) is 33.1. The highest BCUT2D eigenvalue weighted by molar-refractivity contribution is 5.90. The van der Waals surface area contributed by atoms with Gasteiger partial charge >= 0.3 is 0 Å². The van der Waals surface area contributed by atoms with E-state index in [1.165, 1.54) is 11.6 Å². The molecule has 0 fully saturated rings. The fourth-order valence-electron chi connectivity index (χ4n) is 4.67. The predicted molar refractivity (Wildman–Crippen MR) is 177 cm³/mol. The zero-order valence-electron chi connectivity index (χ0n) is 26.0. The molecule has 3 N–H and O–H groups in total. The Hall–Kier alpha value is -4.79. The van der Waals surface area contributed by atoms with Crippen molar-refractivity contribution in [1.29, 1.82) is 0 Å². The van der Waals surface area contributed by atoms with Crippen LogP contribution in [0.4, 0.5) is 0 Å². The molecule has 234 valence electrons. The third-order valence-electron chi connectivity index (χ3n) is 7.31. The summed E-state index contributed by atoms with van der Waals surface area (Å²) in [5, 5.41) is 11.6. The number of nitrogens with zero attached hydrogens (tertiary/aromatic N) is 2. The van der Waals surface area contributed by atoms with E-state index in [2.05, 4.69) is 41.2 Å². The number of hydroxylamine groups is 1. The summed E-state index contributed by atoms with van der Waals surface area (Å²) < 4.78 is 6.10. The van der Waals surface area contributed by atoms with Gasteiger partial charge in [-0.25, -0.2) is 5.48 Å². The average molecular weight is 607 g/mol. The fourth-order valence-corrected chi connectivity index (χ4v) is 4.67. The molecule has 1 aromatic heterocycles. The Bertz CT molecular complexity index is 1500. The van der Waals surface area contributed by atoms with Crippen LogP contribution in [0.5, 0.6) is 5.75 Å². The summed E-state index contributed by atoms with van der Waals surface area (Å²) in [6, 6.07) is 29.8. The van der Waals surface area contributed by atoms with E-state index in [-0.39, 0.29) is 12.3 Å². The van der Waals surface area contributed by atoms with Gasteiger partial charge in [-0.1, -0.05) is 86.6 Å². The molecule has 0 unspecified atom stereocenters. The van der Waals surface area contributed by atoms with Crippen LogP contribution in [-0.4, -0.2) is 46.6 Å². The van der Waals surface area contributed by atoms with Gasteiger partial charge in [0.15, 0.2) is 0 Å². The normalized spacial score (nSPS) is 11.2. The van der Waals surface area contributed by atoms with Crippen molar-refractivity contribution >= 4 is 17.9 Å². The zero-order valence-corrected chi connectivity index (χ0v) is 26.0. The largest absolute Gasteiger partial charge is 0.492 e. The summed E-state index contributed by atoms with van der Waals surface area (Å²) >= 11 is 0. The van der Waals surface area contributed by atoms with E-state index in [0.29, 0.717) is 19.1 Å². The summed E-state index contributed by atoms with van der Waals surface area (Å²) in [4.78, 5) is 30.5. The molecule has 8 heteroatoms. The first-order chi connectivity index (χ1) is 21.9. The third-order valence-corrected chi connectivity index (χ3v) is 7.31.